The van der Waals surface area contributed by atoms with Crippen LogP contribution in [0.3, 0.4) is 0 Å². The zero-order chi connectivity index (χ0) is 14.4. The minimum Gasteiger partial charge on any atom is -0.507 e. The fraction of sp³-hybridized carbons (Fsp3) is 0.400. The van der Waals surface area contributed by atoms with Crippen LogP contribution in [-0.4, -0.2) is 37.8 Å². The molecule has 1 aromatic rings. The lowest BCUT2D eigenvalue weighted by atomic mass is 10.1. The second-order valence-electron chi connectivity index (χ2n) is 4.71. The number of ether oxygens (including phenoxy) is 1. The summed E-state index contributed by atoms with van der Waals surface area (Å²) in [4.78, 5) is 12.0. The molecular weight excluding hydrogens is 256 g/mol. The normalized spacial score (nSPS) is 14.6. The Morgan fingerprint density at radius 1 is 1.50 bits per heavy atom. The Morgan fingerprint density at radius 2 is 2.35 bits per heavy atom. The molecule has 0 spiro atoms. The fourth-order valence-electron chi connectivity index (χ4n) is 2.15. The summed E-state index contributed by atoms with van der Waals surface area (Å²) >= 11 is 0. The predicted octanol–water partition coefficient (Wildman–Crippen LogP) is 1.44. The third kappa shape index (κ3) is 3.74. The monoisotopic (exact) mass is 276 g/mol. The van der Waals surface area contributed by atoms with Crippen LogP contribution >= 0.6 is 0 Å². The van der Waals surface area contributed by atoms with Gasteiger partial charge in [0.05, 0.1) is 12.7 Å². The van der Waals surface area contributed by atoms with Crippen molar-refractivity contribution in [2.75, 3.05) is 26.7 Å². The van der Waals surface area contributed by atoms with E-state index >= 15 is 0 Å². The summed E-state index contributed by atoms with van der Waals surface area (Å²) in [5, 5.41) is 15.8. The average Bonchev–Trinajstić information content (AvgIpc) is 2.48. The van der Waals surface area contributed by atoms with Gasteiger partial charge in [0.15, 0.2) is 0 Å². The van der Waals surface area contributed by atoms with Gasteiger partial charge < -0.3 is 20.5 Å². The van der Waals surface area contributed by atoms with E-state index in [9.17, 15) is 9.90 Å². The number of amides is 1. The highest BCUT2D eigenvalue weighted by Gasteiger charge is 2.12. The summed E-state index contributed by atoms with van der Waals surface area (Å²) < 4.78 is 5.05. The first kappa shape index (κ1) is 14.4. The molecule has 0 atom stereocenters. The number of phenols is 1. The number of rotatable bonds is 5. The molecule has 1 aromatic carbocycles. The maximum Gasteiger partial charge on any atom is 0.255 e. The molecule has 0 saturated heterocycles. The number of methoxy groups -OCH3 is 1. The molecule has 1 heterocycles. The van der Waals surface area contributed by atoms with Crippen LogP contribution in [0.1, 0.15) is 23.2 Å². The summed E-state index contributed by atoms with van der Waals surface area (Å²) in [6.07, 6.45) is 4.04. The van der Waals surface area contributed by atoms with Gasteiger partial charge in [-0.15, -0.1) is 0 Å². The topological polar surface area (TPSA) is 70.6 Å². The molecule has 0 aromatic heterocycles. The van der Waals surface area contributed by atoms with Gasteiger partial charge in [-0.3, -0.25) is 4.79 Å². The Morgan fingerprint density at radius 3 is 3.05 bits per heavy atom. The predicted molar refractivity (Wildman–Crippen MR) is 77.2 cm³/mol. The third-order valence-corrected chi connectivity index (χ3v) is 3.34. The fourth-order valence-corrected chi connectivity index (χ4v) is 2.15. The van der Waals surface area contributed by atoms with Gasteiger partial charge in [-0.2, -0.15) is 0 Å². The van der Waals surface area contributed by atoms with Gasteiger partial charge in [-0.25, -0.2) is 0 Å². The lowest BCUT2D eigenvalue weighted by Gasteiger charge is -2.14. The molecule has 1 amide bonds. The molecular formula is C15H20N2O3. The average molecular weight is 276 g/mol. The molecule has 5 nitrogen and oxygen atoms in total. The van der Waals surface area contributed by atoms with Gasteiger partial charge in [0.2, 0.25) is 0 Å². The van der Waals surface area contributed by atoms with E-state index in [-0.39, 0.29) is 17.2 Å². The van der Waals surface area contributed by atoms with Crippen LogP contribution in [0.15, 0.2) is 29.8 Å². The zero-order valence-electron chi connectivity index (χ0n) is 11.6. The van der Waals surface area contributed by atoms with E-state index in [0.29, 0.717) is 12.3 Å². The summed E-state index contributed by atoms with van der Waals surface area (Å²) in [5.41, 5.74) is 1.60. The molecule has 5 heteroatoms. The highest BCUT2D eigenvalue weighted by molar-refractivity contribution is 5.97. The maximum atomic E-state index is 12.0. The lowest BCUT2D eigenvalue weighted by molar-refractivity contribution is 0.0951. The van der Waals surface area contributed by atoms with Crippen molar-refractivity contribution in [1.82, 2.24) is 10.6 Å². The van der Waals surface area contributed by atoms with Crippen LogP contribution in [0.5, 0.6) is 11.5 Å². The smallest absolute Gasteiger partial charge is 0.255 e. The van der Waals surface area contributed by atoms with E-state index in [1.165, 1.54) is 24.8 Å². The number of hydrogen-bond acceptors (Lipinski definition) is 4. The van der Waals surface area contributed by atoms with Gasteiger partial charge in [0.1, 0.15) is 11.5 Å². The van der Waals surface area contributed by atoms with E-state index in [4.69, 9.17) is 4.74 Å². The molecule has 1 aliphatic rings. The van der Waals surface area contributed by atoms with E-state index in [0.717, 1.165) is 25.9 Å². The molecule has 2 rings (SSSR count). The van der Waals surface area contributed by atoms with Crippen molar-refractivity contribution in [1.29, 1.82) is 0 Å². The Balaban J connectivity index is 1.89. The molecule has 3 N–H and O–H groups in total. The second kappa shape index (κ2) is 6.96. The molecule has 20 heavy (non-hydrogen) atoms. The minimum atomic E-state index is -0.282. The first-order chi connectivity index (χ1) is 9.70. The highest BCUT2D eigenvalue weighted by Crippen LogP contribution is 2.22. The number of carbonyl (C=O) groups excluding carboxylic acids is 1. The van der Waals surface area contributed by atoms with Crippen molar-refractivity contribution in [3.05, 3.63) is 35.4 Å². The standard InChI is InChI=1S/C15H20N2O3/c1-20-12-2-3-14(18)13(10-12)15(19)17-9-6-11-4-7-16-8-5-11/h2-4,10,16,18H,5-9H2,1H3,(H,17,19). The highest BCUT2D eigenvalue weighted by atomic mass is 16.5. The molecule has 0 saturated carbocycles. The lowest BCUT2D eigenvalue weighted by Crippen LogP contribution is -2.26. The van der Waals surface area contributed by atoms with Crippen LogP contribution in [-0.2, 0) is 0 Å². The van der Waals surface area contributed by atoms with Crippen LogP contribution in [0.2, 0.25) is 0 Å². The summed E-state index contributed by atoms with van der Waals surface area (Å²) in [7, 11) is 1.53. The summed E-state index contributed by atoms with van der Waals surface area (Å²) in [6, 6.07) is 4.61. The second-order valence-corrected chi connectivity index (χ2v) is 4.71. The SMILES string of the molecule is COc1ccc(O)c(C(=O)NCCC2=CCNCC2)c1. The number of carbonyl (C=O) groups is 1. The van der Waals surface area contributed by atoms with E-state index < -0.39 is 0 Å². The van der Waals surface area contributed by atoms with Crippen molar-refractivity contribution in [2.24, 2.45) is 0 Å². The van der Waals surface area contributed by atoms with Crippen molar-refractivity contribution < 1.29 is 14.6 Å². The summed E-state index contributed by atoms with van der Waals surface area (Å²) in [6.45, 7) is 2.47. The first-order valence-electron chi connectivity index (χ1n) is 6.74. The maximum absolute atomic E-state index is 12.0. The van der Waals surface area contributed by atoms with Crippen LogP contribution in [0.4, 0.5) is 0 Å². The molecule has 1 aliphatic heterocycles. The molecule has 108 valence electrons. The van der Waals surface area contributed by atoms with Gasteiger partial charge in [0.25, 0.3) is 5.91 Å². The van der Waals surface area contributed by atoms with Gasteiger partial charge in [-0.1, -0.05) is 11.6 Å². The van der Waals surface area contributed by atoms with Gasteiger partial charge in [0, 0.05) is 13.1 Å². The van der Waals surface area contributed by atoms with Crippen molar-refractivity contribution in [3.63, 3.8) is 0 Å². The van der Waals surface area contributed by atoms with E-state index in [1.54, 1.807) is 6.07 Å². The third-order valence-electron chi connectivity index (χ3n) is 3.34. The molecule has 0 aliphatic carbocycles. The van der Waals surface area contributed by atoms with Crippen LogP contribution in [0.25, 0.3) is 0 Å². The van der Waals surface area contributed by atoms with Gasteiger partial charge >= 0.3 is 0 Å². The zero-order valence-corrected chi connectivity index (χ0v) is 11.6. The quantitative estimate of drug-likeness (QED) is 0.712. The van der Waals surface area contributed by atoms with Crippen molar-refractivity contribution >= 4 is 5.91 Å². The molecule has 0 unspecified atom stereocenters. The van der Waals surface area contributed by atoms with E-state index in [1.807, 2.05) is 0 Å². The van der Waals surface area contributed by atoms with Crippen LogP contribution < -0.4 is 15.4 Å². The summed E-state index contributed by atoms with van der Waals surface area (Å²) in [5.74, 6) is 0.231. The van der Waals surface area contributed by atoms with Gasteiger partial charge in [-0.05, 0) is 37.6 Å². The number of nitrogens with one attached hydrogen (secondary N) is 2. The largest absolute Gasteiger partial charge is 0.507 e. The number of hydrogen-bond donors (Lipinski definition) is 3. The Labute approximate surface area is 118 Å². The number of benzene rings is 1. The van der Waals surface area contributed by atoms with E-state index in [2.05, 4.69) is 16.7 Å². The molecule has 0 bridgehead atoms. The number of aromatic hydroxyl groups is 1. The Hall–Kier alpha value is -2.01. The number of phenolic OH excluding ortho intramolecular Hbond substituents is 1. The molecule has 0 radical (unpaired) electrons. The Bertz CT molecular complexity index is 512. The minimum absolute atomic E-state index is 0.0376. The first-order valence-corrected chi connectivity index (χ1v) is 6.74. The van der Waals surface area contributed by atoms with Crippen LogP contribution in [0, 0.1) is 0 Å². The Kier molecular flexibility index (Phi) is 5.01. The van der Waals surface area contributed by atoms with Crippen molar-refractivity contribution in [2.45, 2.75) is 12.8 Å². The van der Waals surface area contributed by atoms with Crippen molar-refractivity contribution in [3.8, 4) is 11.5 Å². The molecule has 0 fully saturated rings.